The van der Waals surface area contributed by atoms with Crippen LogP contribution in [-0.4, -0.2) is 62.2 Å². The van der Waals surface area contributed by atoms with E-state index in [1.165, 1.54) is 26.2 Å². The maximum atomic E-state index is 14.4. The molecule has 10 heteroatoms. The van der Waals surface area contributed by atoms with Gasteiger partial charge in [-0.2, -0.15) is 0 Å². The molecule has 1 heterocycles. The molecule has 49 heavy (non-hydrogen) atoms. The van der Waals surface area contributed by atoms with E-state index in [1.807, 2.05) is 13.0 Å². The number of carbonyl (C=O) groups is 3. The van der Waals surface area contributed by atoms with Gasteiger partial charge in [-0.25, -0.2) is 14.0 Å². The Balaban J connectivity index is 1.53. The summed E-state index contributed by atoms with van der Waals surface area (Å²) >= 11 is 0. The van der Waals surface area contributed by atoms with E-state index in [4.69, 9.17) is 23.7 Å². The first-order valence-electron chi connectivity index (χ1n) is 16.3. The lowest BCUT2D eigenvalue weighted by Crippen LogP contribution is -2.62. The normalized spacial score (nSPS) is 20.2. The van der Waals surface area contributed by atoms with Crippen molar-refractivity contribution in [1.82, 2.24) is 5.32 Å². The lowest BCUT2D eigenvalue weighted by atomic mass is 9.94. The molecule has 1 N–H and O–H groups in total. The Morgan fingerprint density at radius 1 is 0.796 bits per heavy atom. The van der Waals surface area contributed by atoms with E-state index in [1.54, 1.807) is 84.9 Å². The lowest BCUT2D eigenvalue weighted by Gasteiger charge is -2.44. The van der Waals surface area contributed by atoms with Gasteiger partial charge in [0.05, 0.1) is 17.2 Å². The average Bonchev–Trinajstić information content (AvgIpc) is 3.11. The van der Waals surface area contributed by atoms with Gasteiger partial charge in [0.2, 0.25) is 18.3 Å². The van der Waals surface area contributed by atoms with Crippen molar-refractivity contribution < 1.29 is 42.5 Å². The number of esters is 2. The van der Waals surface area contributed by atoms with Gasteiger partial charge in [0.1, 0.15) is 17.7 Å². The third kappa shape index (κ3) is 9.10. The predicted molar refractivity (Wildman–Crippen MR) is 181 cm³/mol. The van der Waals surface area contributed by atoms with Crippen LogP contribution in [0.4, 0.5) is 4.39 Å². The van der Waals surface area contributed by atoms with Gasteiger partial charge < -0.3 is 29.0 Å². The van der Waals surface area contributed by atoms with Crippen LogP contribution in [0.2, 0.25) is 0 Å². The molecule has 5 atom stereocenters. The number of benzene rings is 4. The number of hydrogen-bond acceptors (Lipinski definition) is 8. The second-order valence-corrected chi connectivity index (χ2v) is 11.7. The van der Waals surface area contributed by atoms with Crippen molar-refractivity contribution in [3.63, 3.8) is 0 Å². The van der Waals surface area contributed by atoms with Crippen LogP contribution in [0, 0.1) is 5.82 Å². The molecule has 0 aromatic heterocycles. The highest BCUT2D eigenvalue weighted by molar-refractivity contribution is 5.90. The van der Waals surface area contributed by atoms with Crippen molar-refractivity contribution in [2.45, 2.75) is 63.8 Å². The third-order valence-corrected chi connectivity index (χ3v) is 8.18. The molecule has 5 rings (SSSR count). The Labute approximate surface area is 285 Å². The Hall–Kier alpha value is -5.06. The van der Waals surface area contributed by atoms with E-state index in [0.29, 0.717) is 41.8 Å². The molecule has 0 radical (unpaired) electrons. The molecule has 4 aromatic rings. The van der Waals surface area contributed by atoms with Crippen LogP contribution < -0.4 is 10.1 Å². The van der Waals surface area contributed by atoms with Crippen molar-refractivity contribution in [2.75, 3.05) is 13.7 Å². The molecule has 256 valence electrons. The zero-order valence-corrected chi connectivity index (χ0v) is 27.7. The van der Waals surface area contributed by atoms with E-state index in [0.717, 1.165) is 12.0 Å². The molecule has 1 amide bonds. The molecule has 9 nitrogen and oxygen atoms in total. The molecule has 1 aliphatic heterocycles. The minimum absolute atomic E-state index is 0.156. The Kier molecular flexibility index (Phi) is 12.1. The second kappa shape index (κ2) is 16.9. The van der Waals surface area contributed by atoms with Crippen LogP contribution in [0.1, 0.15) is 53.0 Å². The fourth-order valence-corrected chi connectivity index (χ4v) is 5.85. The molecule has 0 spiro atoms. The number of hydrogen-bond donors (Lipinski definition) is 1. The number of ether oxygens (including phenoxy) is 5. The number of halogens is 1. The van der Waals surface area contributed by atoms with E-state index in [2.05, 4.69) is 5.32 Å². The molecule has 0 saturated carbocycles. The van der Waals surface area contributed by atoms with Gasteiger partial charge in [0, 0.05) is 20.6 Å². The predicted octanol–water partition coefficient (Wildman–Crippen LogP) is 6.54. The second-order valence-electron chi connectivity index (χ2n) is 11.7. The van der Waals surface area contributed by atoms with Crippen LogP contribution in [0.3, 0.4) is 0 Å². The summed E-state index contributed by atoms with van der Waals surface area (Å²) in [5, 5.41) is 2.79. The van der Waals surface area contributed by atoms with Gasteiger partial charge >= 0.3 is 11.9 Å². The number of methoxy groups -OCH3 is 1. The summed E-state index contributed by atoms with van der Waals surface area (Å²) < 4.78 is 45.3. The largest absolute Gasteiger partial charge is 0.461 e. The Morgan fingerprint density at radius 2 is 1.45 bits per heavy atom. The lowest BCUT2D eigenvalue weighted by molar-refractivity contribution is -0.276. The number of nitrogens with one attached hydrogen (secondary N) is 1. The molecule has 1 fully saturated rings. The summed E-state index contributed by atoms with van der Waals surface area (Å²) in [7, 11) is 1.49. The topological polar surface area (TPSA) is 109 Å². The van der Waals surface area contributed by atoms with Gasteiger partial charge in [-0.05, 0) is 78.1 Å². The molecule has 1 aliphatic rings. The first-order chi connectivity index (χ1) is 23.8. The van der Waals surface area contributed by atoms with Gasteiger partial charge in [-0.1, -0.05) is 67.9 Å². The number of amides is 1. The van der Waals surface area contributed by atoms with E-state index >= 15 is 0 Å². The first-order valence-corrected chi connectivity index (χ1v) is 16.3. The minimum atomic E-state index is -1.25. The van der Waals surface area contributed by atoms with Crippen LogP contribution in [0.15, 0.2) is 103 Å². The van der Waals surface area contributed by atoms with Crippen molar-refractivity contribution in [1.29, 1.82) is 0 Å². The van der Waals surface area contributed by atoms with Crippen LogP contribution in [-0.2, 0) is 30.2 Å². The molecule has 1 unspecified atom stereocenters. The third-order valence-electron chi connectivity index (χ3n) is 8.18. The SMILES string of the molecule is CCC[C@H]1OC(Oc2ccc(CCNC(C)=O)c(-c3cccc(F)c3)c2)[C@H](OC(=O)c2ccccc2)[C@H](OC(=O)c2ccccc2)[C@H]1OC. The Bertz CT molecular complexity index is 1720. The van der Waals surface area contributed by atoms with Crippen molar-refractivity contribution >= 4 is 17.8 Å². The smallest absolute Gasteiger partial charge is 0.338 e. The monoisotopic (exact) mass is 669 g/mol. The van der Waals surface area contributed by atoms with Gasteiger partial charge in [0.15, 0.2) is 6.10 Å². The van der Waals surface area contributed by atoms with Crippen molar-refractivity contribution in [2.24, 2.45) is 0 Å². The molecular weight excluding hydrogens is 629 g/mol. The van der Waals surface area contributed by atoms with Gasteiger partial charge in [-0.15, -0.1) is 0 Å². The van der Waals surface area contributed by atoms with Crippen molar-refractivity contribution in [3.8, 4) is 16.9 Å². The summed E-state index contributed by atoms with van der Waals surface area (Å²) in [6, 6.07) is 28.4. The molecule has 0 aliphatic carbocycles. The van der Waals surface area contributed by atoms with Gasteiger partial charge in [-0.3, -0.25) is 4.79 Å². The van der Waals surface area contributed by atoms with Crippen LogP contribution in [0.5, 0.6) is 5.75 Å². The minimum Gasteiger partial charge on any atom is -0.461 e. The van der Waals surface area contributed by atoms with Gasteiger partial charge in [0.25, 0.3) is 0 Å². The summed E-state index contributed by atoms with van der Waals surface area (Å²) in [5.74, 6) is -1.51. The highest BCUT2D eigenvalue weighted by Gasteiger charge is 2.52. The quantitative estimate of drug-likeness (QED) is 0.160. The van der Waals surface area contributed by atoms with E-state index in [9.17, 15) is 18.8 Å². The molecule has 1 saturated heterocycles. The van der Waals surface area contributed by atoms with E-state index < -0.39 is 48.5 Å². The molecule has 4 aromatic carbocycles. The number of carbonyl (C=O) groups excluding carboxylic acids is 3. The fraction of sp³-hybridized carbons (Fsp3) is 0.308. The zero-order chi connectivity index (χ0) is 34.8. The standard InChI is InChI=1S/C39H40FNO8/c1-4-12-33-34(45-3)35(48-37(43)27-13-7-5-8-14-27)36(49-38(44)28-15-9-6-10-16-28)39(47-33)46-31-20-19-26(21-22-41-25(2)42)32(24-31)29-17-11-18-30(40)23-29/h5-11,13-20,23-24,33-36,39H,4,12,21-22H2,1-3H3,(H,41,42)/t33-,34+,35-,36-,39?/m1/s1. The maximum absolute atomic E-state index is 14.4. The number of rotatable bonds is 13. The van der Waals surface area contributed by atoms with Crippen LogP contribution in [0.25, 0.3) is 11.1 Å². The van der Waals surface area contributed by atoms with E-state index in [-0.39, 0.29) is 11.5 Å². The summed E-state index contributed by atoms with van der Waals surface area (Å²) in [6.45, 7) is 3.82. The highest BCUT2D eigenvalue weighted by Crippen LogP contribution is 2.35. The molecule has 0 bridgehead atoms. The fourth-order valence-electron chi connectivity index (χ4n) is 5.85. The zero-order valence-electron chi connectivity index (χ0n) is 27.7. The Morgan fingerprint density at radius 3 is 2.04 bits per heavy atom. The summed E-state index contributed by atoms with van der Waals surface area (Å²) in [4.78, 5) is 38.5. The molecular formula is C39H40FNO8. The summed E-state index contributed by atoms with van der Waals surface area (Å²) in [5.41, 5.74) is 2.74. The highest BCUT2D eigenvalue weighted by atomic mass is 19.1. The first kappa shape index (κ1) is 35.3. The summed E-state index contributed by atoms with van der Waals surface area (Å²) in [6.07, 6.45) is -3.23. The average molecular weight is 670 g/mol. The maximum Gasteiger partial charge on any atom is 0.338 e. The van der Waals surface area contributed by atoms with Crippen molar-refractivity contribution in [3.05, 3.63) is 126 Å². The van der Waals surface area contributed by atoms with Crippen LogP contribution >= 0.6 is 0 Å².